The Morgan fingerprint density at radius 1 is 1.35 bits per heavy atom. The van der Waals surface area contributed by atoms with Gasteiger partial charge in [-0.2, -0.15) is 5.10 Å². The van der Waals surface area contributed by atoms with Crippen LogP contribution in [0.3, 0.4) is 0 Å². The second-order valence-electron chi connectivity index (χ2n) is 4.40. The van der Waals surface area contributed by atoms with E-state index in [1.807, 2.05) is 0 Å². The number of rotatable bonds is 6. The van der Waals surface area contributed by atoms with Crippen molar-refractivity contribution < 1.29 is 13.9 Å². The monoisotopic (exact) mass is 332 g/mol. The van der Waals surface area contributed by atoms with Crippen LogP contribution in [-0.2, 0) is 0 Å². The molecule has 118 valence electrons. The van der Waals surface area contributed by atoms with Crippen LogP contribution in [0.2, 0.25) is 5.02 Å². The summed E-state index contributed by atoms with van der Waals surface area (Å²) < 4.78 is 23.4. The van der Waals surface area contributed by atoms with E-state index in [4.69, 9.17) is 27.5 Å². The number of nitrogens with zero attached hydrogens (tertiary/aromatic N) is 1. The zero-order chi connectivity index (χ0) is 16.7. The SMILES string of the molecule is C#CCOc1c(Cl)cc(/C=N\Nc2ccc(F)cc2)cc1OC. The average molecular weight is 333 g/mol. The van der Waals surface area contributed by atoms with E-state index in [9.17, 15) is 4.39 Å². The van der Waals surface area contributed by atoms with Crippen molar-refractivity contribution in [1.29, 1.82) is 0 Å². The lowest BCUT2D eigenvalue weighted by Gasteiger charge is -2.11. The summed E-state index contributed by atoms with van der Waals surface area (Å²) in [6, 6.07) is 9.23. The van der Waals surface area contributed by atoms with Crippen molar-refractivity contribution in [2.24, 2.45) is 5.10 Å². The van der Waals surface area contributed by atoms with Crippen LogP contribution < -0.4 is 14.9 Å². The van der Waals surface area contributed by atoms with Gasteiger partial charge in [-0.05, 0) is 42.0 Å². The number of benzene rings is 2. The third-order valence-electron chi connectivity index (χ3n) is 2.80. The Balaban J connectivity index is 2.13. The fraction of sp³-hybridized carbons (Fsp3) is 0.118. The summed E-state index contributed by atoms with van der Waals surface area (Å²) in [7, 11) is 1.51. The number of nitrogens with one attached hydrogen (secondary N) is 1. The lowest BCUT2D eigenvalue weighted by Crippen LogP contribution is -1.99. The van der Waals surface area contributed by atoms with E-state index in [0.29, 0.717) is 27.8 Å². The van der Waals surface area contributed by atoms with Gasteiger partial charge in [-0.3, -0.25) is 5.43 Å². The third-order valence-corrected chi connectivity index (χ3v) is 3.08. The first-order valence-corrected chi connectivity index (χ1v) is 7.00. The molecule has 0 aliphatic carbocycles. The van der Waals surface area contributed by atoms with Crippen LogP contribution in [0, 0.1) is 18.2 Å². The van der Waals surface area contributed by atoms with Crippen LogP contribution >= 0.6 is 11.6 Å². The Hall–Kier alpha value is -2.71. The van der Waals surface area contributed by atoms with E-state index in [1.165, 1.54) is 19.2 Å². The minimum absolute atomic E-state index is 0.0929. The van der Waals surface area contributed by atoms with Crippen molar-refractivity contribution in [3.8, 4) is 23.8 Å². The molecule has 2 aromatic rings. The average Bonchev–Trinajstić information content (AvgIpc) is 2.55. The Morgan fingerprint density at radius 3 is 2.74 bits per heavy atom. The summed E-state index contributed by atoms with van der Waals surface area (Å²) in [5, 5.41) is 4.43. The molecule has 0 aliphatic heterocycles. The lowest BCUT2D eigenvalue weighted by atomic mass is 10.2. The van der Waals surface area contributed by atoms with Gasteiger partial charge in [-0.1, -0.05) is 17.5 Å². The normalized spacial score (nSPS) is 10.3. The van der Waals surface area contributed by atoms with E-state index < -0.39 is 0 Å². The van der Waals surface area contributed by atoms with Crippen molar-refractivity contribution in [1.82, 2.24) is 0 Å². The molecule has 6 heteroatoms. The van der Waals surface area contributed by atoms with Crippen molar-refractivity contribution in [3.05, 3.63) is 52.8 Å². The molecule has 0 bridgehead atoms. The summed E-state index contributed by atoms with van der Waals surface area (Å²) in [6.45, 7) is 0.0929. The van der Waals surface area contributed by atoms with Crippen LogP contribution in [-0.4, -0.2) is 19.9 Å². The van der Waals surface area contributed by atoms with Crippen LogP contribution in [0.1, 0.15) is 5.56 Å². The zero-order valence-electron chi connectivity index (χ0n) is 12.3. The molecule has 4 nitrogen and oxygen atoms in total. The van der Waals surface area contributed by atoms with Crippen LogP contribution in [0.25, 0.3) is 0 Å². The molecule has 0 amide bonds. The highest BCUT2D eigenvalue weighted by molar-refractivity contribution is 6.32. The third kappa shape index (κ3) is 4.63. The second-order valence-corrected chi connectivity index (χ2v) is 4.81. The van der Waals surface area contributed by atoms with Crippen molar-refractivity contribution in [3.63, 3.8) is 0 Å². The summed E-state index contributed by atoms with van der Waals surface area (Å²) in [6.07, 6.45) is 6.72. The van der Waals surface area contributed by atoms with Gasteiger partial charge in [0.25, 0.3) is 0 Å². The minimum Gasteiger partial charge on any atom is -0.493 e. The van der Waals surface area contributed by atoms with Crippen molar-refractivity contribution in [2.75, 3.05) is 19.1 Å². The maximum absolute atomic E-state index is 12.8. The van der Waals surface area contributed by atoms with Gasteiger partial charge in [0.05, 0.1) is 24.0 Å². The minimum atomic E-state index is -0.307. The Kier molecular flexibility index (Phi) is 5.84. The van der Waals surface area contributed by atoms with Gasteiger partial charge in [0.1, 0.15) is 12.4 Å². The Bertz CT molecular complexity index is 739. The summed E-state index contributed by atoms with van der Waals surface area (Å²) in [5.41, 5.74) is 4.15. The maximum Gasteiger partial charge on any atom is 0.181 e. The number of terminal acetylenes is 1. The van der Waals surface area contributed by atoms with Gasteiger partial charge in [-0.15, -0.1) is 6.42 Å². The summed E-state index contributed by atoms with van der Waals surface area (Å²) in [5.74, 6) is 2.90. The van der Waals surface area contributed by atoms with Crippen LogP contribution in [0.15, 0.2) is 41.5 Å². The smallest absolute Gasteiger partial charge is 0.181 e. The maximum atomic E-state index is 12.8. The number of hydrogen-bond acceptors (Lipinski definition) is 4. The Morgan fingerprint density at radius 2 is 2.09 bits per heavy atom. The highest BCUT2D eigenvalue weighted by Gasteiger charge is 2.11. The van der Waals surface area contributed by atoms with Gasteiger partial charge < -0.3 is 9.47 Å². The summed E-state index contributed by atoms with van der Waals surface area (Å²) in [4.78, 5) is 0. The molecular formula is C17H14ClFN2O2. The number of hydrogen-bond donors (Lipinski definition) is 1. The van der Waals surface area contributed by atoms with Crippen LogP contribution in [0.5, 0.6) is 11.5 Å². The highest BCUT2D eigenvalue weighted by Crippen LogP contribution is 2.35. The van der Waals surface area contributed by atoms with E-state index in [0.717, 1.165) is 0 Å². The van der Waals surface area contributed by atoms with E-state index in [2.05, 4.69) is 16.4 Å². The predicted octanol–water partition coefficient (Wildman–Crippen LogP) is 3.95. The van der Waals surface area contributed by atoms with E-state index >= 15 is 0 Å². The van der Waals surface area contributed by atoms with Gasteiger partial charge in [0.2, 0.25) is 0 Å². The number of halogens is 2. The number of hydrazone groups is 1. The fourth-order valence-corrected chi connectivity index (χ4v) is 2.05. The largest absolute Gasteiger partial charge is 0.493 e. The molecule has 0 aromatic heterocycles. The molecule has 0 saturated carbocycles. The van der Waals surface area contributed by atoms with Gasteiger partial charge in [-0.25, -0.2) is 4.39 Å². The molecule has 0 atom stereocenters. The molecule has 0 radical (unpaired) electrons. The van der Waals surface area contributed by atoms with Crippen molar-refractivity contribution in [2.45, 2.75) is 0 Å². The number of ether oxygens (including phenoxy) is 2. The quantitative estimate of drug-likeness (QED) is 0.495. The molecule has 0 fully saturated rings. The van der Waals surface area contributed by atoms with E-state index in [1.54, 1.807) is 30.5 Å². The van der Waals surface area contributed by atoms with Gasteiger partial charge in [0, 0.05) is 0 Å². The topological polar surface area (TPSA) is 42.8 Å². The van der Waals surface area contributed by atoms with Crippen LogP contribution in [0.4, 0.5) is 10.1 Å². The number of anilines is 1. The molecule has 23 heavy (non-hydrogen) atoms. The molecule has 1 N–H and O–H groups in total. The van der Waals surface area contributed by atoms with E-state index in [-0.39, 0.29) is 12.4 Å². The molecule has 2 rings (SSSR count). The Labute approximate surface area is 138 Å². The molecule has 0 saturated heterocycles. The second kappa shape index (κ2) is 8.06. The van der Waals surface area contributed by atoms with Crippen molar-refractivity contribution >= 4 is 23.5 Å². The van der Waals surface area contributed by atoms with Gasteiger partial charge >= 0.3 is 0 Å². The predicted molar refractivity (Wildman–Crippen MR) is 89.9 cm³/mol. The standard InChI is InChI=1S/C17H14ClFN2O2/c1-3-8-23-17-15(18)9-12(10-16(17)22-2)11-20-21-14-6-4-13(19)5-7-14/h1,4-7,9-11,21H,8H2,2H3/b20-11-. The fourth-order valence-electron chi connectivity index (χ4n) is 1.77. The molecular weight excluding hydrogens is 319 g/mol. The molecule has 2 aromatic carbocycles. The molecule has 0 aliphatic rings. The number of methoxy groups -OCH3 is 1. The zero-order valence-corrected chi connectivity index (χ0v) is 13.1. The molecule has 0 unspecified atom stereocenters. The van der Waals surface area contributed by atoms with Gasteiger partial charge in [0.15, 0.2) is 11.5 Å². The molecule has 0 heterocycles. The summed E-state index contributed by atoms with van der Waals surface area (Å²) >= 11 is 6.17. The first kappa shape index (κ1) is 16.7. The first-order chi connectivity index (χ1) is 11.1. The molecule has 0 spiro atoms. The highest BCUT2D eigenvalue weighted by atomic mass is 35.5. The lowest BCUT2D eigenvalue weighted by molar-refractivity contribution is 0.331. The first-order valence-electron chi connectivity index (χ1n) is 6.62.